The predicted octanol–water partition coefficient (Wildman–Crippen LogP) is 4.53. The number of aryl methyl sites for hydroxylation is 2. The van der Waals surface area contributed by atoms with Gasteiger partial charge in [0.15, 0.2) is 6.10 Å². The molecule has 0 spiro atoms. The molecular weight excluding hydrogens is 434 g/mol. The maximum absolute atomic E-state index is 12.8. The van der Waals surface area contributed by atoms with Gasteiger partial charge in [-0.15, -0.1) is 0 Å². The minimum atomic E-state index is -1.07. The number of hydrogen-bond donors (Lipinski definition) is 2. The van der Waals surface area contributed by atoms with E-state index in [2.05, 4.69) is 5.32 Å². The van der Waals surface area contributed by atoms with E-state index in [1.54, 1.807) is 19.9 Å². The van der Waals surface area contributed by atoms with E-state index < -0.39 is 29.6 Å². The topological polar surface area (TPSA) is 106 Å². The lowest BCUT2D eigenvalue weighted by molar-refractivity contribution is -0.143. The Morgan fingerprint density at radius 3 is 2.44 bits per heavy atom. The van der Waals surface area contributed by atoms with Gasteiger partial charge in [0, 0.05) is 22.9 Å². The summed E-state index contributed by atoms with van der Waals surface area (Å²) in [5, 5.41) is 12.7. The zero-order valence-corrected chi connectivity index (χ0v) is 20.0. The highest BCUT2D eigenvalue weighted by atomic mass is 16.5. The molecule has 3 aromatic rings. The van der Waals surface area contributed by atoms with Gasteiger partial charge in [0.2, 0.25) is 0 Å². The van der Waals surface area contributed by atoms with Crippen LogP contribution in [0.4, 0.5) is 0 Å². The minimum absolute atomic E-state index is 0.356. The van der Waals surface area contributed by atoms with E-state index >= 15 is 0 Å². The molecule has 3 rings (SSSR count). The number of carboxylic acid groups (broad SMARTS) is 1. The van der Waals surface area contributed by atoms with Crippen LogP contribution in [0.1, 0.15) is 55.4 Å². The molecule has 0 saturated carbocycles. The molecule has 0 unspecified atom stereocenters. The van der Waals surface area contributed by atoms with E-state index in [1.807, 2.05) is 50.2 Å². The normalized spacial score (nSPS) is 12.8. The van der Waals surface area contributed by atoms with Crippen molar-refractivity contribution < 1.29 is 23.8 Å². The summed E-state index contributed by atoms with van der Waals surface area (Å²) in [5.74, 6) is -1.19. The van der Waals surface area contributed by atoms with Crippen LogP contribution < -0.4 is 15.7 Å². The van der Waals surface area contributed by atoms with Crippen LogP contribution in [0.2, 0.25) is 0 Å². The molecule has 7 nitrogen and oxygen atoms in total. The Hall–Kier alpha value is -3.61. The maximum atomic E-state index is 12.8. The largest absolute Gasteiger partial charge is 0.480 e. The molecule has 0 fully saturated rings. The van der Waals surface area contributed by atoms with E-state index in [-0.39, 0.29) is 0 Å². The molecule has 2 atom stereocenters. The zero-order valence-electron chi connectivity index (χ0n) is 20.0. The highest BCUT2D eigenvalue weighted by Crippen LogP contribution is 2.30. The van der Waals surface area contributed by atoms with E-state index in [9.17, 15) is 19.5 Å². The van der Waals surface area contributed by atoms with Crippen molar-refractivity contribution in [2.75, 3.05) is 0 Å². The molecular formula is C27H31NO6. The van der Waals surface area contributed by atoms with Gasteiger partial charge in [0.25, 0.3) is 5.91 Å². The van der Waals surface area contributed by atoms with Crippen LogP contribution in [0, 0.1) is 13.8 Å². The number of benzene rings is 2. The highest BCUT2D eigenvalue weighted by molar-refractivity contribution is 5.87. The van der Waals surface area contributed by atoms with E-state index in [1.165, 1.54) is 0 Å². The maximum Gasteiger partial charge on any atom is 0.340 e. The Morgan fingerprint density at radius 1 is 1.09 bits per heavy atom. The summed E-state index contributed by atoms with van der Waals surface area (Å²) in [7, 11) is 0. The molecule has 0 aliphatic heterocycles. The molecule has 2 N–H and O–H groups in total. The number of carbonyl (C=O) groups is 2. The second-order valence-electron chi connectivity index (χ2n) is 8.52. The van der Waals surface area contributed by atoms with Crippen molar-refractivity contribution in [2.45, 2.75) is 65.5 Å². The number of ether oxygens (including phenoxy) is 1. The lowest BCUT2D eigenvalue weighted by Crippen LogP contribution is -2.46. The summed E-state index contributed by atoms with van der Waals surface area (Å²) in [5.41, 5.74) is 3.08. The Balaban J connectivity index is 1.83. The molecule has 2 aromatic carbocycles. The van der Waals surface area contributed by atoms with Gasteiger partial charge in [-0.2, -0.15) is 0 Å². The average Bonchev–Trinajstić information content (AvgIpc) is 2.81. The van der Waals surface area contributed by atoms with Gasteiger partial charge in [-0.1, -0.05) is 50.1 Å². The van der Waals surface area contributed by atoms with E-state index in [0.717, 1.165) is 22.9 Å². The van der Waals surface area contributed by atoms with E-state index in [4.69, 9.17) is 9.15 Å². The molecule has 180 valence electrons. The first kappa shape index (κ1) is 25.0. The lowest BCUT2D eigenvalue weighted by atomic mass is 9.98. The smallest absolute Gasteiger partial charge is 0.340 e. The molecule has 0 radical (unpaired) electrons. The Morgan fingerprint density at radius 2 is 1.79 bits per heavy atom. The fourth-order valence-corrected chi connectivity index (χ4v) is 3.90. The number of amides is 1. The summed E-state index contributed by atoms with van der Waals surface area (Å²) in [6, 6.07) is 12.3. The van der Waals surface area contributed by atoms with Crippen molar-refractivity contribution in [1.29, 1.82) is 0 Å². The van der Waals surface area contributed by atoms with E-state index in [0.29, 0.717) is 41.7 Å². The summed E-state index contributed by atoms with van der Waals surface area (Å²) in [4.78, 5) is 36.8. The molecule has 1 amide bonds. The number of fused-ring (bicyclic) bond motifs is 1. The third-order valence-electron chi connectivity index (χ3n) is 6.01. The number of carbonyl (C=O) groups excluding carboxylic acids is 1. The zero-order chi connectivity index (χ0) is 24.8. The van der Waals surface area contributed by atoms with Gasteiger partial charge < -0.3 is 19.6 Å². The van der Waals surface area contributed by atoms with Crippen molar-refractivity contribution in [3.8, 4) is 5.75 Å². The lowest BCUT2D eigenvalue weighted by Gasteiger charge is -2.20. The van der Waals surface area contributed by atoms with Gasteiger partial charge in [-0.3, -0.25) is 4.79 Å². The first-order valence-corrected chi connectivity index (χ1v) is 11.5. The van der Waals surface area contributed by atoms with Gasteiger partial charge in [0.05, 0.1) is 0 Å². The van der Waals surface area contributed by atoms with Crippen LogP contribution >= 0.6 is 0 Å². The van der Waals surface area contributed by atoms with Gasteiger partial charge >= 0.3 is 11.6 Å². The summed E-state index contributed by atoms with van der Waals surface area (Å²) >= 11 is 0. The predicted molar refractivity (Wildman–Crippen MR) is 130 cm³/mol. The molecule has 34 heavy (non-hydrogen) atoms. The number of aliphatic carboxylic acids is 1. The second-order valence-corrected chi connectivity index (χ2v) is 8.52. The summed E-state index contributed by atoms with van der Waals surface area (Å²) in [6.45, 7) is 7.18. The SMILES string of the molecule is CCCC[C@@H](NC(=O)[C@H](C)Oc1ccc2c(C)c(Cc3ccccc3)c(=O)oc2c1C)C(=O)O. The standard InChI is InChI=1S/C27H31NO6/c1-5-6-12-22(26(30)31)28-25(29)18(4)33-23-14-13-20-16(2)21(15-19-10-8-7-9-11-19)27(32)34-24(20)17(23)3/h7-11,13-14,18,22H,5-6,12,15H2,1-4H3,(H,28,29)(H,30,31)/t18-,22+/m0/s1. The van der Waals surface area contributed by atoms with Gasteiger partial charge in [0.1, 0.15) is 17.4 Å². The Kier molecular flexibility index (Phi) is 8.10. The van der Waals surface area contributed by atoms with Crippen molar-refractivity contribution >= 4 is 22.8 Å². The van der Waals surface area contributed by atoms with Crippen LogP contribution in [0.3, 0.4) is 0 Å². The fourth-order valence-electron chi connectivity index (χ4n) is 3.90. The molecule has 0 saturated heterocycles. The van der Waals surface area contributed by atoms with Crippen LogP contribution in [0.5, 0.6) is 5.75 Å². The average molecular weight is 466 g/mol. The van der Waals surface area contributed by atoms with Crippen LogP contribution in [-0.2, 0) is 16.0 Å². The first-order chi connectivity index (χ1) is 16.2. The molecule has 0 aliphatic rings. The van der Waals surface area contributed by atoms with Crippen molar-refractivity contribution in [2.24, 2.45) is 0 Å². The van der Waals surface area contributed by atoms with Gasteiger partial charge in [-0.05, 0) is 50.5 Å². The molecule has 0 bridgehead atoms. The summed E-state index contributed by atoms with van der Waals surface area (Å²) in [6.07, 6.45) is 1.43. The third-order valence-corrected chi connectivity index (χ3v) is 6.01. The highest BCUT2D eigenvalue weighted by Gasteiger charge is 2.24. The van der Waals surface area contributed by atoms with Crippen LogP contribution in [0.25, 0.3) is 11.0 Å². The molecule has 7 heteroatoms. The van der Waals surface area contributed by atoms with Crippen molar-refractivity contribution in [3.63, 3.8) is 0 Å². The minimum Gasteiger partial charge on any atom is -0.480 e. The summed E-state index contributed by atoms with van der Waals surface area (Å²) < 4.78 is 11.5. The number of nitrogens with one attached hydrogen (secondary N) is 1. The third kappa shape index (κ3) is 5.65. The second kappa shape index (κ2) is 11.0. The molecule has 1 heterocycles. The van der Waals surface area contributed by atoms with Crippen LogP contribution in [-0.4, -0.2) is 29.1 Å². The first-order valence-electron chi connectivity index (χ1n) is 11.5. The molecule has 0 aliphatic carbocycles. The van der Waals surface area contributed by atoms with Crippen LogP contribution in [0.15, 0.2) is 51.7 Å². The van der Waals surface area contributed by atoms with Crippen molar-refractivity contribution in [3.05, 3.63) is 75.1 Å². The molecule has 1 aromatic heterocycles. The Bertz CT molecular complexity index is 1230. The number of rotatable bonds is 10. The fraction of sp³-hybridized carbons (Fsp3) is 0.370. The Labute approximate surface area is 198 Å². The number of unbranched alkanes of at least 4 members (excludes halogenated alkanes) is 1. The number of carboxylic acids is 1. The number of hydrogen-bond acceptors (Lipinski definition) is 5. The quantitative estimate of drug-likeness (QED) is 0.426. The van der Waals surface area contributed by atoms with Crippen molar-refractivity contribution in [1.82, 2.24) is 5.32 Å². The monoisotopic (exact) mass is 465 g/mol. The van der Waals surface area contributed by atoms with Gasteiger partial charge in [-0.25, -0.2) is 9.59 Å².